The molecule has 12 rings (SSSR count). The third-order valence-corrected chi connectivity index (χ3v) is 12.6. The first kappa shape index (κ1) is 23.6. The Morgan fingerprint density at radius 2 is 0.911 bits per heavy atom. The van der Waals surface area contributed by atoms with Gasteiger partial charge >= 0.3 is 0 Å². The van der Waals surface area contributed by atoms with Crippen LogP contribution in [0.5, 0.6) is 0 Å². The van der Waals surface area contributed by atoms with Gasteiger partial charge in [0.2, 0.25) is 6.71 Å². The minimum Gasteiger partial charge on any atom is -0.309 e. The van der Waals surface area contributed by atoms with Crippen LogP contribution in [0.4, 0.5) is 17.1 Å². The summed E-state index contributed by atoms with van der Waals surface area (Å²) < 4.78 is 0. The second kappa shape index (κ2) is 7.52. The van der Waals surface area contributed by atoms with Crippen molar-refractivity contribution in [1.82, 2.24) is 0 Å². The summed E-state index contributed by atoms with van der Waals surface area (Å²) in [7, 11) is 0. The molecule has 45 heavy (non-hydrogen) atoms. The van der Waals surface area contributed by atoms with E-state index in [9.17, 15) is 0 Å². The molecule has 1 nitrogen and oxygen atoms in total. The van der Waals surface area contributed by atoms with Crippen molar-refractivity contribution >= 4 is 40.2 Å². The Hall–Kier alpha value is -4.82. The number of aryl methyl sites for hydroxylation is 2. The number of benzene rings is 6. The highest BCUT2D eigenvalue weighted by Gasteiger charge is 2.57. The molecule has 0 fully saturated rings. The molecular formula is C43H30BN. The van der Waals surface area contributed by atoms with Crippen LogP contribution in [0.1, 0.15) is 77.9 Å². The molecule has 0 N–H and O–H groups in total. The third kappa shape index (κ3) is 2.43. The quantitative estimate of drug-likeness (QED) is 0.179. The van der Waals surface area contributed by atoms with Gasteiger partial charge in [0.25, 0.3) is 0 Å². The SMILES string of the molecule is Cc1ccc2c3c1Cc1cccc4c1B3c1c(cccc1C41c3cccc4c3N3c5c(cccc51)Cc1c(C)ccc(c13)C4)C2. The Balaban J connectivity index is 1.29. The maximum absolute atomic E-state index is 2.71. The van der Waals surface area contributed by atoms with Gasteiger partial charge in [0.05, 0.1) is 22.5 Å². The van der Waals surface area contributed by atoms with Crippen LogP contribution in [0.2, 0.25) is 0 Å². The molecule has 1 spiro atoms. The van der Waals surface area contributed by atoms with E-state index in [2.05, 4.69) is 116 Å². The first-order valence-corrected chi connectivity index (χ1v) is 16.7. The van der Waals surface area contributed by atoms with Crippen molar-refractivity contribution in [3.8, 4) is 0 Å². The zero-order valence-corrected chi connectivity index (χ0v) is 25.6. The van der Waals surface area contributed by atoms with E-state index in [1.165, 1.54) is 89.4 Å². The van der Waals surface area contributed by atoms with E-state index >= 15 is 0 Å². The highest BCUT2D eigenvalue weighted by molar-refractivity contribution is 6.98. The highest BCUT2D eigenvalue weighted by Crippen LogP contribution is 2.64. The predicted molar refractivity (Wildman–Crippen MR) is 185 cm³/mol. The molecule has 0 aliphatic carbocycles. The summed E-state index contributed by atoms with van der Waals surface area (Å²) in [5.41, 5.74) is 29.6. The zero-order valence-electron chi connectivity index (χ0n) is 25.6. The monoisotopic (exact) mass is 571 g/mol. The summed E-state index contributed by atoms with van der Waals surface area (Å²) in [6.45, 7) is 4.94. The molecule has 210 valence electrons. The number of para-hydroxylation sites is 2. The lowest BCUT2D eigenvalue weighted by atomic mass is 9.25. The number of rotatable bonds is 0. The van der Waals surface area contributed by atoms with Crippen molar-refractivity contribution in [2.75, 3.05) is 4.90 Å². The van der Waals surface area contributed by atoms with E-state index < -0.39 is 0 Å². The molecule has 0 bridgehead atoms. The molecule has 0 saturated heterocycles. The van der Waals surface area contributed by atoms with Crippen molar-refractivity contribution in [2.24, 2.45) is 0 Å². The third-order valence-electron chi connectivity index (χ3n) is 12.6. The Bertz CT molecular complexity index is 2220. The van der Waals surface area contributed by atoms with Gasteiger partial charge in [-0.05, 0) is 105 Å². The van der Waals surface area contributed by atoms with Crippen LogP contribution < -0.4 is 21.3 Å². The topological polar surface area (TPSA) is 3.24 Å². The van der Waals surface area contributed by atoms with Crippen molar-refractivity contribution in [3.63, 3.8) is 0 Å². The molecule has 6 aliphatic heterocycles. The molecule has 6 aromatic carbocycles. The first-order chi connectivity index (χ1) is 22.1. The van der Waals surface area contributed by atoms with Crippen LogP contribution in [0.3, 0.4) is 0 Å². The minimum absolute atomic E-state index is 0.313. The standard InChI is InChI=1S/C43H30BN/c1-23-15-17-27-19-25-7-3-11-33-38(25)44-37(27)31(23)21-26-8-4-12-34(39(26)44)43(33)35-13-5-9-28-20-30-18-16-24(2)32-22-29-10-6-14-36(43)42(29)45(40(30)32)41(28)35/h3-18H,19-22H2,1-2H3. The number of fused-ring (bicyclic) bond motifs is 4. The second-order valence-electron chi connectivity index (χ2n) is 14.4. The fraction of sp³-hybridized carbons (Fsp3) is 0.163. The number of anilines is 3. The number of hydrogen-bond donors (Lipinski definition) is 0. The van der Waals surface area contributed by atoms with Gasteiger partial charge in [-0.1, -0.05) is 113 Å². The van der Waals surface area contributed by atoms with Crippen LogP contribution in [-0.2, 0) is 31.1 Å². The van der Waals surface area contributed by atoms with Gasteiger partial charge in [-0.3, -0.25) is 0 Å². The summed E-state index contributed by atoms with van der Waals surface area (Å²) in [5, 5.41) is 0. The summed E-state index contributed by atoms with van der Waals surface area (Å²) in [6, 6.07) is 38.6. The van der Waals surface area contributed by atoms with Gasteiger partial charge in [0, 0.05) is 12.8 Å². The van der Waals surface area contributed by atoms with Crippen molar-refractivity contribution in [3.05, 3.63) is 175 Å². The van der Waals surface area contributed by atoms with Gasteiger partial charge in [-0.2, -0.15) is 0 Å². The Morgan fingerprint density at radius 1 is 0.444 bits per heavy atom. The van der Waals surface area contributed by atoms with Crippen LogP contribution in [0.25, 0.3) is 0 Å². The number of nitrogens with zero attached hydrogens (tertiary/aromatic N) is 1. The van der Waals surface area contributed by atoms with E-state index in [4.69, 9.17) is 0 Å². The molecule has 6 aromatic rings. The number of hydrogen-bond acceptors (Lipinski definition) is 1. The van der Waals surface area contributed by atoms with E-state index in [-0.39, 0.29) is 5.41 Å². The molecule has 6 aliphatic rings. The second-order valence-corrected chi connectivity index (χ2v) is 14.4. The molecule has 6 heterocycles. The van der Waals surface area contributed by atoms with Gasteiger partial charge < -0.3 is 4.90 Å². The van der Waals surface area contributed by atoms with E-state index in [1.54, 1.807) is 22.0 Å². The molecule has 0 amide bonds. The zero-order chi connectivity index (χ0) is 29.3. The van der Waals surface area contributed by atoms with Crippen LogP contribution >= 0.6 is 0 Å². The van der Waals surface area contributed by atoms with Crippen molar-refractivity contribution in [2.45, 2.75) is 44.9 Å². The van der Waals surface area contributed by atoms with E-state index in [1.807, 2.05) is 0 Å². The van der Waals surface area contributed by atoms with Gasteiger partial charge in [0.15, 0.2) is 0 Å². The molecule has 1 unspecified atom stereocenters. The van der Waals surface area contributed by atoms with Crippen LogP contribution in [-0.4, -0.2) is 6.71 Å². The smallest absolute Gasteiger partial charge is 0.243 e. The molecular weight excluding hydrogens is 541 g/mol. The Morgan fingerprint density at radius 3 is 1.60 bits per heavy atom. The summed E-state index contributed by atoms with van der Waals surface area (Å²) >= 11 is 0. The van der Waals surface area contributed by atoms with Gasteiger partial charge in [0.1, 0.15) is 0 Å². The molecule has 1 atom stereocenters. The normalized spacial score (nSPS) is 19.0. The summed E-state index contributed by atoms with van der Waals surface area (Å²) in [5.74, 6) is 0. The van der Waals surface area contributed by atoms with Crippen LogP contribution in [0, 0.1) is 13.8 Å². The lowest BCUT2D eigenvalue weighted by Gasteiger charge is -2.55. The minimum atomic E-state index is -0.363. The lowest BCUT2D eigenvalue weighted by Crippen LogP contribution is -2.68. The maximum Gasteiger partial charge on any atom is 0.243 e. The average molecular weight is 572 g/mol. The lowest BCUT2D eigenvalue weighted by molar-refractivity contribution is 0.722. The largest absolute Gasteiger partial charge is 0.309 e. The average Bonchev–Trinajstić information content (AvgIpc) is 3.07. The Labute approximate surface area is 264 Å². The van der Waals surface area contributed by atoms with Crippen LogP contribution in [0.15, 0.2) is 97.1 Å². The van der Waals surface area contributed by atoms with Gasteiger partial charge in [-0.25, -0.2) is 0 Å². The fourth-order valence-corrected chi connectivity index (χ4v) is 10.9. The van der Waals surface area contributed by atoms with Crippen molar-refractivity contribution in [1.29, 1.82) is 0 Å². The fourth-order valence-electron chi connectivity index (χ4n) is 10.9. The first-order valence-electron chi connectivity index (χ1n) is 16.7. The van der Waals surface area contributed by atoms with Crippen molar-refractivity contribution < 1.29 is 0 Å². The molecule has 2 heteroatoms. The molecule has 0 aromatic heterocycles. The van der Waals surface area contributed by atoms with E-state index in [0.29, 0.717) is 6.71 Å². The molecule has 0 radical (unpaired) electrons. The highest BCUT2D eigenvalue weighted by atomic mass is 15.2. The Kier molecular flexibility index (Phi) is 3.93. The van der Waals surface area contributed by atoms with Gasteiger partial charge in [-0.15, -0.1) is 0 Å². The predicted octanol–water partition coefficient (Wildman–Crippen LogP) is 6.92. The summed E-state index contributed by atoms with van der Waals surface area (Å²) in [6.07, 6.45) is 4.05. The van der Waals surface area contributed by atoms with E-state index in [0.717, 1.165) is 25.7 Å². The summed E-state index contributed by atoms with van der Waals surface area (Å²) in [4.78, 5) is 2.71. The molecule has 0 saturated carbocycles. The maximum atomic E-state index is 2.71.